The largest absolute Gasteiger partial charge is 0.477 e. The molecule has 0 fully saturated rings. The summed E-state index contributed by atoms with van der Waals surface area (Å²) in [7, 11) is 1.66. The number of methoxy groups -OCH3 is 1. The zero-order chi connectivity index (χ0) is 14.4. The monoisotopic (exact) mass is 274 g/mol. The van der Waals surface area contributed by atoms with Gasteiger partial charge in [-0.15, -0.1) is 0 Å². The molecule has 0 saturated heterocycles. The molecule has 6 heteroatoms. The van der Waals surface area contributed by atoms with Crippen LogP contribution < -0.4 is 4.74 Å². The molecule has 0 saturated carbocycles. The van der Waals surface area contributed by atoms with Crippen LogP contribution in [0.4, 0.5) is 0 Å². The third kappa shape index (κ3) is 3.76. The van der Waals surface area contributed by atoms with Crippen molar-refractivity contribution in [2.75, 3.05) is 13.7 Å². The van der Waals surface area contributed by atoms with E-state index in [1.165, 1.54) is 12.3 Å². The smallest absolute Gasteiger partial charge is 0.354 e. The SMILES string of the molecule is COCCc1ccc(Oc2nccc(C(=O)O)n2)cc1. The maximum absolute atomic E-state index is 10.8. The Morgan fingerprint density at radius 2 is 2.00 bits per heavy atom. The molecule has 2 aromatic rings. The van der Waals surface area contributed by atoms with Gasteiger partial charge >= 0.3 is 12.0 Å². The summed E-state index contributed by atoms with van der Waals surface area (Å²) in [5.74, 6) is -0.569. The van der Waals surface area contributed by atoms with E-state index in [9.17, 15) is 4.79 Å². The first-order chi connectivity index (χ1) is 9.69. The van der Waals surface area contributed by atoms with Crippen molar-refractivity contribution in [2.24, 2.45) is 0 Å². The van der Waals surface area contributed by atoms with Gasteiger partial charge in [-0.2, -0.15) is 4.98 Å². The normalized spacial score (nSPS) is 10.2. The summed E-state index contributed by atoms with van der Waals surface area (Å²) in [6.07, 6.45) is 2.17. The van der Waals surface area contributed by atoms with Gasteiger partial charge in [-0.3, -0.25) is 0 Å². The van der Waals surface area contributed by atoms with Gasteiger partial charge in [0, 0.05) is 13.3 Å². The average molecular weight is 274 g/mol. The predicted molar refractivity (Wildman–Crippen MR) is 71.1 cm³/mol. The van der Waals surface area contributed by atoms with Crippen molar-refractivity contribution in [3.05, 3.63) is 47.8 Å². The molecule has 1 aromatic carbocycles. The van der Waals surface area contributed by atoms with Crippen LogP contribution >= 0.6 is 0 Å². The highest BCUT2D eigenvalue weighted by Gasteiger charge is 2.07. The van der Waals surface area contributed by atoms with E-state index in [0.29, 0.717) is 12.4 Å². The molecule has 0 radical (unpaired) electrons. The molecule has 0 spiro atoms. The summed E-state index contributed by atoms with van der Waals surface area (Å²) in [6, 6.07) is 8.70. The molecule has 2 rings (SSSR count). The van der Waals surface area contributed by atoms with Crippen LogP contribution in [0.5, 0.6) is 11.8 Å². The molecule has 1 heterocycles. The standard InChI is InChI=1S/C14H14N2O4/c1-19-9-7-10-2-4-11(5-3-10)20-14-15-8-6-12(16-14)13(17)18/h2-6,8H,7,9H2,1H3,(H,17,18). The minimum absolute atomic E-state index is 0.00883. The van der Waals surface area contributed by atoms with Crippen LogP contribution in [-0.4, -0.2) is 34.8 Å². The van der Waals surface area contributed by atoms with Crippen molar-refractivity contribution in [1.29, 1.82) is 0 Å². The summed E-state index contributed by atoms with van der Waals surface area (Å²) in [6.45, 7) is 0.657. The van der Waals surface area contributed by atoms with Crippen LogP contribution in [0.1, 0.15) is 16.1 Å². The van der Waals surface area contributed by atoms with Crippen molar-refractivity contribution in [2.45, 2.75) is 6.42 Å². The zero-order valence-corrected chi connectivity index (χ0v) is 10.9. The van der Waals surface area contributed by atoms with E-state index in [1.807, 2.05) is 12.1 Å². The fraction of sp³-hybridized carbons (Fsp3) is 0.214. The number of carboxylic acids is 1. The second-order valence-corrected chi connectivity index (χ2v) is 4.02. The van der Waals surface area contributed by atoms with Crippen LogP contribution in [0.25, 0.3) is 0 Å². The molecule has 104 valence electrons. The lowest BCUT2D eigenvalue weighted by molar-refractivity contribution is 0.0689. The number of hydrogen-bond donors (Lipinski definition) is 1. The quantitative estimate of drug-likeness (QED) is 0.869. The molecule has 1 N–H and O–H groups in total. The zero-order valence-electron chi connectivity index (χ0n) is 10.9. The van der Waals surface area contributed by atoms with Crippen LogP contribution in [0, 0.1) is 0 Å². The summed E-state index contributed by atoms with van der Waals surface area (Å²) < 4.78 is 10.4. The fourth-order valence-electron chi connectivity index (χ4n) is 1.56. The minimum atomic E-state index is -1.12. The predicted octanol–water partition coefficient (Wildman–Crippen LogP) is 2.16. The molecule has 0 amide bonds. The number of nitrogens with zero attached hydrogens (tertiary/aromatic N) is 2. The number of ether oxygens (including phenoxy) is 2. The molecular weight excluding hydrogens is 260 g/mol. The third-order valence-electron chi connectivity index (χ3n) is 2.58. The second-order valence-electron chi connectivity index (χ2n) is 4.02. The Balaban J connectivity index is 2.06. The highest BCUT2D eigenvalue weighted by molar-refractivity contribution is 5.85. The summed E-state index contributed by atoms with van der Waals surface area (Å²) in [5, 5.41) is 8.84. The Bertz CT molecular complexity index is 584. The summed E-state index contributed by atoms with van der Waals surface area (Å²) in [4.78, 5) is 18.5. The van der Waals surface area contributed by atoms with Crippen molar-refractivity contribution in [3.8, 4) is 11.8 Å². The van der Waals surface area contributed by atoms with Gasteiger partial charge in [0.15, 0.2) is 5.69 Å². The molecule has 0 aliphatic carbocycles. The van der Waals surface area contributed by atoms with Crippen molar-refractivity contribution < 1.29 is 19.4 Å². The number of aromatic carboxylic acids is 1. The maximum Gasteiger partial charge on any atom is 0.354 e. The van der Waals surface area contributed by atoms with Gasteiger partial charge in [-0.1, -0.05) is 12.1 Å². The average Bonchev–Trinajstić information content (AvgIpc) is 2.47. The molecule has 0 bridgehead atoms. The van der Waals surface area contributed by atoms with E-state index < -0.39 is 5.97 Å². The first kappa shape index (κ1) is 14.0. The number of rotatable bonds is 6. The first-order valence-electron chi connectivity index (χ1n) is 6.01. The molecule has 0 unspecified atom stereocenters. The molecule has 6 nitrogen and oxygen atoms in total. The first-order valence-corrected chi connectivity index (χ1v) is 6.01. The molecular formula is C14H14N2O4. The van der Waals surface area contributed by atoms with Crippen molar-refractivity contribution in [3.63, 3.8) is 0 Å². The minimum Gasteiger partial charge on any atom is -0.477 e. The van der Waals surface area contributed by atoms with Crippen LogP contribution in [0.3, 0.4) is 0 Å². The highest BCUT2D eigenvalue weighted by atomic mass is 16.5. The van der Waals surface area contributed by atoms with Gasteiger partial charge in [0.05, 0.1) is 6.61 Å². The van der Waals surface area contributed by atoms with E-state index in [2.05, 4.69) is 9.97 Å². The van der Waals surface area contributed by atoms with Gasteiger partial charge < -0.3 is 14.6 Å². The number of carbonyl (C=O) groups is 1. The Kier molecular flexibility index (Phi) is 4.62. The van der Waals surface area contributed by atoms with Crippen molar-refractivity contribution >= 4 is 5.97 Å². The molecule has 20 heavy (non-hydrogen) atoms. The summed E-state index contributed by atoms with van der Waals surface area (Å²) in [5.41, 5.74) is 1.02. The Hall–Kier alpha value is -2.47. The van der Waals surface area contributed by atoms with E-state index in [4.69, 9.17) is 14.6 Å². The topological polar surface area (TPSA) is 81.5 Å². The van der Waals surface area contributed by atoms with Gasteiger partial charge in [-0.25, -0.2) is 9.78 Å². The lowest BCUT2D eigenvalue weighted by atomic mass is 10.1. The van der Waals surface area contributed by atoms with E-state index in [-0.39, 0.29) is 11.7 Å². The number of aromatic nitrogens is 2. The van der Waals surface area contributed by atoms with E-state index in [1.54, 1.807) is 19.2 Å². The van der Waals surface area contributed by atoms with Gasteiger partial charge in [0.25, 0.3) is 0 Å². The van der Waals surface area contributed by atoms with E-state index in [0.717, 1.165) is 12.0 Å². The van der Waals surface area contributed by atoms with Gasteiger partial charge in [0.2, 0.25) is 0 Å². The number of hydrogen-bond acceptors (Lipinski definition) is 5. The Morgan fingerprint density at radius 1 is 1.25 bits per heavy atom. The molecule has 0 aliphatic heterocycles. The Labute approximate surface area is 116 Å². The van der Waals surface area contributed by atoms with Gasteiger partial charge in [0.1, 0.15) is 5.75 Å². The number of benzene rings is 1. The van der Waals surface area contributed by atoms with E-state index >= 15 is 0 Å². The number of carboxylic acid groups (broad SMARTS) is 1. The molecule has 0 atom stereocenters. The maximum atomic E-state index is 10.8. The lowest BCUT2D eigenvalue weighted by Gasteiger charge is -2.05. The van der Waals surface area contributed by atoms with Crippen LogP contribution in [0.2, 0.25) is 0 Å². The second kappa shape index (κ2) is 6.63. The van der Waals surface area contributed by atoms with Gasteiger partial charge in [-0.05, 0) is 30.2 Å². The van der Waals surface area contributed by atoms with Crippen molar-refractivity contribution in [1.82, 2.24) is 9.97 Å². The highest BCUT2D eigenvalue weighted by Crippen LogP contribution is 2.18. The van der Waals surface area contributed by atoms with Crippen LogP contribution in [0.15, 0.2) is 36.5 Å². The summed E-state index contributed by atoms with van der Waals surface area (Å²) >= 11 is 0. The molecule has 1 aromatic heterocycles. The lowest BCUT2D eigenvalue weighted by Crippen LogP contribution is -2.02. The Morgan fingerprint density at radius 3 is 2.65 bits per heavy atom. The molecule has 0 aliphatic rings. The third-order valence-corrected chi connectivity index (χ3v) is 2.58. The van der Waals surface area contributed by atoms with Crippen LogP contribution in [-0.2, 0) is 11.2 Å². The fourth-order valence-corrected chi connectivity index (χ4v) is 1.56.